The Hall–Kier alpha value is -4.32. The lowest BCUT2D eigenvalue weighted by Crippen LogP contribution is -2.70. The zero-order valence-electron chi connectivity index (χ0n) is 33.8. The number of hydrogen-bond acceptors (Lipinski definition) is 10. The summed E-state index contributed by atoms with van der Waals surface area (Å²) in [6.07, 6.45) is 12.6. The summed E-state index contributed by atoms with van der Waals surface area (Å²) in [6.45, 7) is 15.1. The lowest BCUT2D eigenvalue weighted by molar-refractivity contribution is -0.258. The maximum Gasteiger partial charge on any atom is 0.239 e. The number of aliphatic hydroxyl groups is 2. The number of amides is 1. The zero-order valence-corrected chi connectivity index (χ0v) is 33.8. The van der Waals surface area contributed by atoms with E-state index in [0.717, 1.165) is 60.9 Å². The molecule has 2 N–H and O–H groups in total. The Morgan fingerprint density at radius 1 is 0.965 bits per heavy atom. The van der Waals surface area contributed by atoms with Crippen molar-refractivity contribution in [3.05, 3.63) is 84.5 Å². The Morgan fingerprint density at radius 2 is 1.70 bits per heavy atom. The van der Waals surface area contributed by atoms with Gasteiger partial charge in [-0.1, -0.05) is 48.9 Å². The molecular formula is C46H60N2O9. The number of rotatable bonds is 19. The van der Waals surface area contributed by atoms with Crippen LogP contribution in [0.4, 0.5) is 0 Å². The lowest BCUT2D eigenvalue weighted by Gasteiger charge is -2.60. The van der Waals surface area contributed by atoms with Crippen molar-refractivity contribution in [2.45, 2.75) is 108 Å². The van der Waals surface area contributed by atoms with Gasteiger partial charge in [0.15, 0.2) is 11.5 Å². The molecule has 2 aromatic carbocycles. The van der Waals surface area contributed by atoms with Crippen LogP contribution in [0.3, 0.4) is 0 Å². The molecule has 2 fully saturated rings. The molecule has 2 aliphatic heterocycles. The van der Waals surface area contributed by atoms with Gasteiger partial charge in [-0.2, -0.15) is 0 Å². The molecule has 0 saturated heterocycles. The first-order valence-electron chi connectivity index (χ1n) is 20.8. The fourth-order valence-electron chi connectivity index (χ4n) is 9.23. The Bertz CT molecular complexity index is 1830. The van der Waals surface area contributed by atoms with Crippen molar-refractivity contribution >= 4 is 11.6 Å². The van der Waals surface area contributed by atoms with Gasteiger partial charge >= 0.3 is 0 Å². The molecule has 11 nitrogen and oxygen atoms in total. The van der Waals surface area contributed by atoms with Crippen LogP contribution in [0.2, 0.25) is 0 Å². The molecule has 57 heavy (non-hydrogen) atoms. The maximum absolute atomic E-state index is 14.8. The zero-order chi connectivity index (χ0) is 40.2. The van der Waals surface area contributed by atoms with E-state index in [0.29, 0.717) is 55.4 Å². The number of carbonyl (C=O) groups is 1. The number of nitrogens with zero attached hydrogens (tertiary/aromatic N) is 2. The summed E-state index contributed by atoms with van der Waals surface area (Å²) < 4.78 is 32.1. The molecule has 5 aliphatic rings. The summed E-state index contributed by atoms with van der Waals surface area (Å²) in [5.41, 5.74) is 3.13. The number of hydrogen-bond donors (Lipinski definition) is 2. The SMILES string of the molecule is C=CCOc1ccc2c(c1)C1C(CCCCO)C(CCCCO)C=C3C(=NOC(C)(C)C)CC(N(Cc4ccc5c(c4)OCO5)C(=O)C4CC4)C(OCC=C)(O2)C31. The summed E-state index contributed by atoms with van der Waals surface area (Å²) in [5.74, 6) is 1.04. The molecule has 2 aromatic rings. The van der Waals surface area contributed by atoms with E-state index in [2.05, 4.69) is 25.3 Å². The van der Waals surface area contributed by atoms with Gasteiger partial charge in [-0.3, -0.25) is 4.79 Å². The molecule has 0 bridgehead atoms. The minimum atomic E-state index is -1.34. The summed E-state index contributed by atoms with van der Waals surface area (Å²) in [7, 11) is 0. The predicted octanol–water partition coefficient (Wildman–Crippen LogP) is 7.85. The normalized spacial score (nSPS) is 26.4. The third-order valence-electron chi connectivity index (χ3n) is 11.8. The monoisotopic (exact) mass is 784 g/mol. The highest BCUT2D eigenvalue weighted by Gasteiger charge is 2.66. The fourth-order valence-corrected chi connectivity index (χ4v) is 9.23. The number of allylic oxidation sites excluding steroid dienone is 1. The highest BCUT2D eigenvalue weighted by molar-refractivity contribution is 6.03. The van der Waals surface area contributed by atoms with Crippen molar-refractivity contribution < 1.29 is 43.5 Å². The summed E-state index contributed by atoms with van der Waals surface area (Å²) in [6, 6.07) is 11.2. The lowest BCUT2D eigenvalue weighted by atomic mass is 9.55. The largest absolute Gasteiger partial charge is 0.490 e. The number of carbonyl (C=O) groups excluding carboxylic acids is 1. The highest BCUT2D eigenvalue weighted by atomic mass is 16.7. The highest BCUT2D eigenvalue weighted by Crippen LogP contribution is 2.62. The van der Waals surface area contributed by atoms with E-state index in [1.165, 1.54) is 0 Å². The van der Waals surface area contributed by atoms with Crippen LogP contribution in [-0.2, 0) is 20.9 Å². The van der Waals surface area contributed by atoms with Crippen molar-refractivity contribution in [2.75, 3.05) is 33.2 Å². The number of fused-ring (bicyclic) bond motifs is 3. The van der Waals surface area contributed by atoms with Crippen LogP contribution in [0.1, 0.15) is 95.6 Å². The smallest absolute Gasteiger partial charge is 0.239 e. The van der Waals surface area contributed by atoms with Gasteiger partial charge in [-0.05, 0) is 113 Å². The second-order valence-electron chi connectivity index (χ2n) is 17.0. The summed E-state index contributed by atoms with van der Waals surface area (Å²) >= 11 is 0. The minimum Gasteiger partial charge on any atom is -0.490 e. The first kappa shape index (κ1) is 40.9. The molecule has 308 valence electrons. The molecule has 1 amide bonds. The second kappa shape index (κ2) is 17.7. The molecule has 6 atom stereocenters. The van der Waals surface area contributed by atoms with Crippen LogP contribution in [0.15, 0.2) is 78.5 Å². The van der Waals surface area contributed by atoms with Gasteiger partial charge in [0.2, 0.25) is 18.5 Å². The number of oxime groups is 1. The number of benzene rings is 2. The molecule has 0 spiro atoms. The van der Waals surface area contributed by atoms with E-state index in [1.807, 2.05) is 56.0 Å². The Kier molecular flexibility index (Phi) is 12.7. The van der Waals surface area contributed by atoms with Crippen LogP contribution in [0.25, 0.3) is 0 Å². The third kappa shape index (κ3) is 8.76. The average molecular weight is 785 g/mol. The Morgan fingerprint density at radius 3 is 2.42 bits per heavy atom. The molecule has 6 unspecified atom stereocenters. The fraction of sp³-hybridized carbons (Fsp3) is 0.565. The quantitative estimate of drug-likeness (QED) is 0.0832. The molecule has 0 radical (unpaired) electrons. The Balaban J connectivity index is 1.45. The van der Waals surface area contributed by atoms with Crippen molar-refractivity contribution in [3.63, 3.8) is 0 Å². The Labute approximate surface area is 337 Å². The minimum absolute atomic E-state index is 0.0547. The van der Waals surface area contributed by atoms with Crippen LogP contribution in [0.5, 0.6) is 23.0 Å². The second-order valence-corrected chi connectivity index (χ2v) is 17.0. The van der Waals surface area contributed by atoms with E-state index in [-0.39, 0.29) is 56.2 Å². The van der Waals surface area contributed by atoms with E-state index >= 15 is 0 Å². The molecule has 11 heteroatoms. The van der Waals surface area contributed by atoms with Gasteiger partial charge in [-0.15, -0.1) is 6.58 Å². The van der Waals surface area contributed by atoms with Gasteiger partial charge in [0.05, 0.1) is 18.2 Å². The average Bonchev–Trinajstić information content (AvgIpc) is 3.95. The summed E-state index contributed by atoms with van der Waals surface area (Å²) in [4.78, 5) is 23.1. The standard InChI is InChI=1S/C46H60N2O9/c1-6-22-52-33-17-19-38-36(26-33)42-34(13-9-11-21-50)32(12-8-10-20-49)25-35-37(47-57-45(3,4)5)27-41(46(56-38,43(35)42)55-23-7-2)48(44(51)31-15-16-31)28-30-14-18-39-40(24-30)54-29-53-39/h6-7,14,17-19,24-26,31-32,34,41-43,49-50H,1-2,8-13,15-16,20-23,27-29H2,3-5H3. The van der Waals surface area contributed by atoms with Crippen LogP contribution < -0.4 is 18.9 Å². The van der Waals surface area contributed by atoms with Crippen molar-refractivity contribution in [2.24, 2.45) is 28.8 Å². The van der Waals surface area contributed by atoms with Crippen molar-refractivity contribution in [1.29, 1.82) is 0 Å². The van der Waals surface area contributed by atoms with Crippen molar-refractivity contribution in [3.8, 4) is 23.0 Å². The van der Waals surface area contributed by atoms with Gasteiger partial charge in [-0.25, -0.2) is 0 Å². The van der Waals surface area contributed by atoms with Gasteiger partial charge < -0.3 is 43.6 Å². The molecule has 2 heterocycles. The van der Waals surface area contributed by atoms with Crippen LogP contribution in [0, 0.1) is 23.7 Å². The van der Waals surface area contributed by atoms with Gasteiger partial charge in [0.25, 0.3) is 0 Å². The van der Waals surface area contributed by atoms with E-state index in [1.54, 1.807) is 12.2 Å². The maximum atomic E-state index is 14.8. The summed E-state index contributed by atoms with van der Waals surface area (Å²) in [5, 5.41) is 24.7. The molecule has 3 aliphatic carbocycles. The van der Waals surface area contributed by atoms with Crippen molar-refractivity contribution in [1.82, 2.24) is 4.90 Å². The predicted molar refractivity (Wildman–Crippen MR) is 217 cm³/mol. The first-order chi connectivity index (χ1) is 27.6. The number of unbranched alkanes of at least 4 members (excludes halogenated alkanes) is 2. The molecule has 2 saturated carbocycles. The third-order valence-corrected chi connectivity index (χ3v) is 11.8. The first-order valence-corrected chi connectivity index (χ1v) is 20.8. The molecule has 0 aromatic heterocycles. The topological polar surface area (TPSA) is 129 Å². The van der Waals surface area contributed by atoms with E-state index in [9.17, 15) is 15.0 Å². The number of aliphatic hydroxyl groups excluding tert-OH is 2. The van der Waals surface area contributed by atoms with E-state index in [4.69, 9.17) is 33.7 Å². The number of ether oxygens (including phenoxy) is 5. The molecule has 7 rings (SSSR count). The van der Waals surface area contributed by atoms with Gasteiger partial charge in [0, 0.05) is 43.6 Å². The van der Waals surface area contributed by atoms with E-state index < -0.39 is 23.3 Å². The molecular weight excluding hydrogens is 725 g/mol. The van der Waals surface area contributed by atoms with Crippen LogP contribution in [-0.4, -0.2) is 77.4 Å². The van der Waals surface area contributed by atoms with Crippen LogP contribution >= 0.6 is 0 Å². The van der Waals surface area contributed by atoms with Gasteiger partial charge in [0.1, 0.15) is 29.7 Å².